The first kappa shape index (κ1) is 19.1. The number of halogens is 1. The molecule has 1 aliphatic heterocycles. The number of hydrogen-bond donors (Lipinski definition) is 0. The Bertz CT molecular complexity index is 1390. The lowest BCUT2D eigenvalue weighted by Crippen LogP contribution is -2.29. The summed E-state index contributed by atoms with van der Waals surface area (Å²) in [5.41, 5.74) is 0.488. The number of nitro benzene ring substituents is 1. The van der Waals surface area contributed by atoms with Gasteiger partial charge in [-0.05, 0) is 48.0 Å². The van der Waals surface area contributed by atoms with E-state index in [2.05, 4.69) is 0 Å². The minimum absolute atomic E-state index is 0.0604. The molecule has 3 heterocycles. The lowest BCUT2D eigenvalue weighted by molar-refractivity contribution is -0.384. The molecule has 0 saturated carbocycles. The molecule has 0 spiro atoms. The van der Waals surface area contributed by atoms with Crippen LogP contribution in [0, 0.1) is 10.1 Å². The molecule has 1 amide bonds. The van der Waals surface area contributed by atoms with Crippen LogP contribution in [0.1, 0.15) is 33.5 Å². The van der Waals surface area contributed by atoms with Crippen LogP contribution in [0.15, 0.2) is 74.5 Å². The molecule has 2 aromatic carbocycles. The van der Waals surface area contributed by atoms with Crippen LogP contribution in [0.5, 0.6) is 0 Å². The van der Waals surface area contributed by atoms with E-state index < -0.39 is 16.9 Å². The predicted molar refractivity (Wildman–Crippen MR) is 111 cm³/mol. The van der Waals surface area contributed by atoms with Crippen LogP contribution in [0.3, 0.4) is 0 Å². The van der Waals surface area contributed by atoms with Gasteiger partial charge in [-0.2, -0.15) is 0 Å². The van der Waals surface area contributed by atoms with E-state index in [1.165, 1.54) is 41.5 Å². The van der Waals surface area contributed by atoms with E-state index >= 15 is 0 Å². The van der Waals surface area contributed by atoms with Crippen molar-refractivity contribution in [3.05, 3.63) is 109 Å². The number of carbonyl (C=O) groups is 1. The maximum absolute atomic E-state index is 13.4. The number of furan rings is 1. The largest absolute Gasteiger partial charge is 0.467 e. The zero-order valence-electron chi connectivity index (χ0n) is 15.8. The van der Waals surface area contributed by atoms with Gasteiger partial charge >= 0.3 is 0 Å². The molecule has 9 heteroatoms. The van der Waals surface area contributed by atoms with Gasteiger partial charge in [0.15, 0.2) is 5.43 Å². The number of non-ortho nitro benzene ring substituents is 1. The molecule has 2 aromatic heterocycles. The molecule has 0 saturated heterocycles. The summed E-state index contributed by atoms with van der Waals surface area (Å²) in [4.78, 5) is 38.6. The molecule has 1 aliphatic rings. The highest BCUT2D eigenvalue weighted by Crippen LogP contribution is 2.39. The van der Waals surface area contributed by atoms with E-state index in [1.807, 2.05) is 0 Å². The summed E-state index contributed by atoms with van der Waals surface area (Å²) >= 11 is 6.06. The molecule has 0 bridgehead atoms. The van der Waals surface area contributed by atoms with Crippen LogP contribution in [-0.2, 0) is 6.54 Å². The van der Waals surface area contributed by atoms with Gasteiger partial charge in [0.25, 0.3) is 11.6 Å². The minimum Gasteiger partial charge on any atom is -0.467 e. The highest BCUT2D eigenvalue weighted by atomic mass is 35.5. The summed E-state index contributed by atoms with van der Waals surface area (Å²) in [6.07, 6.45) is 1.49. The number of fused-ring (bicyclic) bond motifs is 2. The zero-order chi connectivity index (χ0) is 21.7. The first-order valence-corrected chi connectivity index (χ1v) is 9.66. The van der Waals surface area contributed by atoms with Gasteiger partial charge in [0.1, 0.15) is 11.3 Å². The molecule has 0 unspecified atom stereocenters. The standard InChI is InChI=1S/C22H13ClN2O6/c23-13-5-8-17-16(10-13)20(26)18-19(12-3-6-14(7-4-12)25(28)29)24(22(27)21(18)31-17)11-15-2-1-9-30-15/h1-10,19H,11H2/t19-/m0/s1. The Morgan fingerprint density at radius 3 is 2.55 bits per heavy atom. The van der Waals surface area contributed by atoms with Crippen LogP contribution < -0.4 is 5.43 Å². The summed E-state index contributed by atoms with van der Waals surface area (Å²) in [6, 6.07) is 13.0. The molecule has 0 radical (unpaired) electrons. The summed E-state index contributed by atoms with van der Waals surface area (Å²) in [5, 5.41) is 11.7. The summed E-state index contributed by atoms with van der Waals surface area (Å²) < 4.78 is 11.2. The molecule has 1 atom stereocenters. The Balaban J connectivity index is 1.73. The van der Waals surface area contributed by atoms with Crippen LogP contribution >= 0.6 is 11.6 Å². The fraction of sp³-hybridized carbons (Fsp3) is 0.0909. The van der Waals surface area contributed by atoms with Crippen molar-refractivity contribution >= 4 is 34.2 Å². The fourth-order valence-corrected chi connectivity index (χ4v) is 4.02. The quantitative estimate of drug-likeness (QED) is 0.339. The summed E-state index contributed by atoms with van der Waals surface area (Å²) in [5.74, 6) is -0.00782. The number of nitrogens with zero attached hydrogens (tertiary/aromatic N) is 2. The van der Waals surface area contributed by atoms with E-state index in [-0.39, 0.29) is 40.0 Å². The molecule has 0 aliphatic carbocycles. The van der Waals surface area contributed by atoms with Crippen molar-refractivity contribution in [1.82, 2.24) is 4.90 Å². The maximum Gasteiger partial charge on any atom is 0.291 e. The first-order valence-electron chi connectivity index (χ1n) is 9.28. The molecule has 8 nitrogen and oxygen atoms in total. The fourth-order valence-electron chi connectivity index (χ4n) is 3.85. The van der Waals surface area contributed by atoms with Crippen LogP contribution in [0.2, 0.25) is 5.02 Å². The highest BCUT2D eigenvalue weighted by Gasteiger charge is 2.43. The Morgan fingerprint density at radius 1 is 1.10 bits per heavy atom. The number of hydrogen-bond acceptors (Lipinski definition) is 6. The second-order valence-electron chi connectivity index (χ2n) is 7.08. The Hall–Kier alpha value is -3.91. The summed E-state index contributed by atoms with van der Waals surface area (Å²) in [6.45, 7) is 0.0915. The smallest absolute Gasteiger partial charge is 0.291 e. The number of rotatable bonds is 4. The maximum atomic E-state index is 13.4. The van der Waals surface area contributed by atoms with Crippen molar-refractivity contribution < 1.29 is 18.6 Å². The van der Waals surface area contributed by atoms with Crippen molar-refractivity contribution in [3.63, 3.8) is 0 Å². The third kappa shape index (κ3) is 3.08. The van der Waals surface area contributed by atoms with E-state index in [1.54, 1.807) is 24.3 Å². The van der Waals surface area contributed by atoms with E-state index in [0.717, 1.165) is 0 Å². The second kappa shape index (κ2) is 7.10. The second-order valence-corrected chi connectivity index (χ2v) is 7.51. The average molecular weight is 437 g/mol. The van der Waals surface area contributed by atoms with E-state index in [4.69, 9.17) is 20.4 Å². The lowest BCUT2D eigenvalue weighted by Gasteiger charge is -2.24. The zero-order valence-corrected chi connectivity index (χ0v) is 16.5. The molecule has 5 rings (SSSR count). The lowest BCUT2D eigenvalue weighted by atomic mass is 9.98. The predicted octanol–water partition coefficient (Wildman–Crippen LogP) is 4.69. The van der Waals surface area contributed by atoms with Crippen molar-refractivity contribution in [2.24, 2.45) is 0 Å². The van der Waals surface area contributed by atoms with Gasteiger partial charge in [0, 0.05) is 17.2 Å². The molecule has 31 heavy (non-hydrogen) atoms. The average Bonchev–Trinajstić information content (AvgIpc) is 3.36. The number of benzene rings is 2. The highest BCUT2D eigenvalue weighted by molar-refractivity contribution is 6.31. The van der Waals surface area contributed by atoms with Gasteiger partial charge < -0.3 is 13.7 Å². The number of carbonyl (C=O) groups excluding carboxylic acids is 1. The van der Waals surface area contributed by atoms with E-state index in [9.17, 15) is 19.7 Å². The van der Waals surface area contributed by atoms with Gasteiger partial charge in [-0.15, -0.1) is 0 Å². The molecule has 0 fully saturated rings. The Morgan fingerprint density at radius 2 is 1.87 bits per heavy atom. The van der Waals surface area contributed by atoms with E-state index in [0.29, 0.717) is 16.3 Å². The Kier molecular flexibility index (Phi) is 4.37. The van der Waals surface area contributed by atoms with Gasteiger partial charge in [-0.1, -0.05) is 11.6 Å². The van der Waals surface area contributed by atoms with Crippen LogP contribution in [-0.4, -0.2) is 15.7 Å². The SMILES string of the molecule is O=C1c2oc3ccc(Cl)cc3c(=O)c2[C@H](c2ccc([N+](=O)[O-])cc2)N1Cc1ccco1. The normalized spacial score (nSPS) is 15.5. The van der Waals surface area contributed by atoms with Crippen molar-refractivity contribution in [3.8, 4) is 0 Å². The van der Waals surface area contributed by atoms with Crippen molar-refractivity contribution in [1.29, 1.82) is 0 Å². The van der Waals surface area contributed by atoms with Gasteiger partial charge in [0.2, 0.25) is 5.76 Å². The van der Waals surface area contributed by atoms with Crippen LogP contribution in [0.4, 0.5) is 5.69 Å². The minimum atomic E-state index is -0.798. The van der Waals surface area contributed by atoms with Gasteiger partial charge in [0.05, 0.1) is 34.7 Å². The molecular weight excluding hydrogens is 424 g/mol. The molecule has 0 N–H and O–H groups in total. The molecule has 4 aromatic rings. The Labute approximate surface area is 179 Å². The van der Waals surface area contributed by atoms with Crippen molar-refractivity contribution in [2.75, 3.05) is 0 Å². The summed E-state index contributed by atoms with van der Waals surface area (Å²) in [7, 11) is 0. The topological polar surface area (TPSA) is 107 Å². The first-order chi connectivity index (χ1) is 14.9. The third-order valence-corrected chi connectivity index (χ3v) is 5.49. The number of nitro groups is 1. The van der Waals surface area contributed by atoms with Gasteiger partial charge in [-0.3, -0.25) is 19.7 Å². The van der Waals surface area contributed by atoms with Crippen LogP contribution in [0.25, 0.3) is 11.0 Å². The third-order valence-electron chi connectivity index (χ3n) is 5.25. The number of amides is 1. The van der Waals surface area contributed by atoms with Crippen molar-refractivity contribution in [2.45, 2.75) is 12.6 Å². The monoisotopic (exact) mass is 436 g/mol. The van der Waals surface area contributed by atoms with Gasteiger partial charge in [-0.25, -0.2) is 0 Å². The molecular formula is C22H13ClN2O6. The molecule has 154 valence electrons.